The number of aromatic nitrogens is 1. The number of benzene rings is 3. The molecule has 0 amide bonds. The molecule has 2 nitrogen and oxygen atoms in total. The van der Waals surface area contributed by atoms with E-state index in [1.165, 1.54) is 27.6 Å². The highest BCUT2D eigenvalue weighted by Gasteiger charge is 2.12. The molecule has 0 radical (unpaired) electrons. The predicted octanol–water partition coefficient (Wildman–Crippen LogP) is 4.00. The minimum atomic E-state index is 1.05. The van der Waals surface area contributed by atoms with Crippen LogP contribution in [0, 0.1) is 0 Å². The zero-order chi connectivity index (χ0) is 17.6. The lowest BCUT2D eigenvalue weighted by Gasteiger charge is -2.20. The van der Waals surface area contributed by atoms with Crippen LogP contribution in [0.2, 0.25) is 0 Å². The van der Waals surface area contributed by atoms with Crippen LogP contribution in [0.25, 0.3) is 10.9 Å². The van der Waals surface area contributed by atoms with Crippen LogP contribution in [0.15, 0.2) is 91.1 Å². The molecule has 130 valence electrons. The van der Waals surface area contributed by atoms with Crippen molar-refractivity contribution in [3.8, 4) is 0 Å². The molecule has 0 saturated carbocycles. The fourth-order valence-corrected chi connectivity index (χ4v) is 3.66. The highest BCUT2D eigenvalue weighted by Crippen LogP contribution is 2.17. The van der Waals surface area contributed by atoms with Crippen molar-refractivity contribution in [3.05, 3.63) is 108 Å². The molecule has 0 spiro atoms. The third-order valence-electron chi connectivity index (χ3n) is 5.02. The maximum absolute atomic E-state index is 3.40. The van der Waals surface area contributed by atoms with Crippen molar-refractivity contribution in [1.82, 2.24) is 4.98 Å². The second kappa shape index (κ2) is 8.03. The summed E-state index contributed by atoms with van der Waals surface area (Å²) in [4.78, 5) is 4.99. The monoisotopic (exact) mass is 341 g/mol. The van der Waals surface area contributed by atoms with Gasteiger partial charge in [0, 0.05) is 34.6 Å². The van der Waals surface area contributed by atoms with Gasteiger partial charge in [0.05, 0.1) is 6.54 Å². The molecule has 0 saturated heterocycles. The van der Waals surface area contributed by atoms with Crippen LogP contribution in [0.3, 0.4) is 0 Å². The van der Waals surface area contributed by atoms with Crippen LogP contribution >= 0.6 is 0 Å². The molecule has 3 aromatic carbocycles. The van der Waals surface area contributed by atoms with Gasteiger partial charge in [-0.3, -0.25) is 0 Å². The molecular weight excluding hydrogens is 316 g/mol. The molecule has 4 rings (SSSR count). The Labute approximate surface area is 155 Å². The minimum absolute atomic E-state index is 1.05. The number of para-hydroxylation sites is 1. The second-order valence-electron chi connectivity index (χ2n) is 6.93. The first-order chi connectivity index (χ1) is 12.9. The Balaban J connectivity index is 1.50. The molecule has 2 heteroatoms. The van der Waals surface area contributed by atoms with Gasteiger partial charge in [-0.05, 0) is 11.6 Å². The normalized spacial score (nSPS) is 11.3. The van der Waals surface area contributed by atoms with Crippen LogP contribution in [0.1, 0.15) is 16.7 Å². The van der Waals surface area contributed by atoms with Gasteiger partial charge in [0.25, 0.3) is 0 Å². The largest absolute Gasteiger partial charge is 0.361 e. The van der Waals surface area contributed by atoms with Gasteiger partial charge in [-0.1, -0.05) is 78.9 Å². The SMILES string of the molecule is c1ccc(C[NH+](CCc2c[nH]c3ccccc23)Cc2ccccc2)cc1. The van der Waals surface area contributed by atoms with Crippen LogP contribution in [0.5, 0.6) is 0 Å². The van der Waals surface area contributed by atoms with E-state index in [0.29, 0.717) is 0 Å². The molecule has 4 aromatic rings. The highest BCUT2D eigenvalue weighted by atomic mass is 15.1. The van der Waals surface area contributed by atoms with Crippen molar-refractivity contribution in [2.45, 2.75) is 19.5 Å². The number of rotatable bonds is 7. The van der Waals surface area contributed by atoms with Crippen molar-refractivity contribution in [2.24, 2.45) is 0 Å². The van der Waals surface area contributed by atoms with Gasteiger partial charge in [-0.25, -0.2) is 0 Å². The van der Waals surface area contributed by atoms with Gasteiger partial charge < -0.3 is 9.88 Å². The fourth-order valence-electron chi connectivity index (χ4n) is 3.66. The van der Waals surface area contributed by atoms with Gasteiger partial charge in [0.1, 0.15) is 13.1 Å². The van der Waals surface area contributed by atoms with E-state index in [4.69, 9.17) is 0 Å². The molecule has 0 aliphatic heterocycles. The summed E-state index contributed by atoms with van der Waals surface area (Å²) in [5.41, 5.74) is 5.45. The Morgan fingerprint density at radius 1 is 0.654 bits per heavy atom. The van der Waals surface area contributed by atoms with Crippen molar-refractivity contribution in [3.63, 3.8) is 0 Å². The lowest BCUT2D eigenvalue weighted by Crippen LogP contribution is -3.09. The number of H-pyrrole nitrogens is 1. The maximum atomic E-state index is 3.40. The minimum Gasteiger partial charge on any atom is -0.361 e. The summed E-state index contributed by atoms with van der Waals surface area (Å²) in [5, 5.41) is 1.35. The Bertz CT molecular complexity index is 900. The van der Waals surface area contributed by atoms with Crippen LogP contribution in [-0.2, 0) is 19.5 Å². The van der Waals surface area contributed by atoms with Gasteiger partial charge >= 0.3 is 0 Å². The number of fused-ring (bicyclic) bond motifs is 1. The molecule has 1 aromatic heterocycles. The highest BCUT2D eigenvalue weighted by molar-refractivity contribution is 5.82. The average Bonchev–Trinajstić information content (AvgIpc) is 3.11. The molecule has 0 atom stereocenters. The number of aromatic amines is 1. The first kappa shape index (κ1) is 16.6. The van der Waals surface area contributed by atoms with Gasteiger partial charge in [-0.15, -0.1) is 0 Å². The van der Waals surface area contributed by atoms with E-state index >= 15 is 0 Å². The fraction of sp³-hybridized carbons (Fsp3) is 0.167. The lowest BCUT2D eigenvalue weighted by atomic mass is 10.1. The predicted molar refractivity (Wildman–Crippen MR) is 108 cm³/mol. The Morgan fingerprint density at radius 2 is 1.23 bits per heavy atom. The van der Waals surface area contributed by atoms with Gasteiger partial charge in [-0.2, -0.15) is 0 Å². The first-order valence-electron chi connectivity index (χ1n) is 9.35. The van der Waals surface area contributed by atoms with E-state index in [9.17, 15) is 0 Å². The average molecular weight is 341 g/mol. The summed E-state index contributed by atoms with van der Waals surface area (Å²) in [5.74, 6) is 0. The van der Waals surface area contributed by atoms with E-state index in [0.717, 1.165) is 26.1 Å². The van der Waals surface area contributed by atoms with E-state index in [-0.39, 0.29) is 0 Å². The number of hydrogen-bond acceptors (Lipinski definition) is 0. The molecule has 1 heterocycles. The maximum Gasteiger partial charge on any atom is 0.103 e. The summed E-state index contributed by atoms with van der Waals surface area (Å²) >= 11 is 0. The van der Waals surface area contributed by atoms with Crippen LogP contribution in [-0.4, -0.2) is 11.5 Å². The zero-order valence-electron chi connectivity index (χ0n) is 15.0. The lowest BCUT2D eigenvalue weighted by molar-refractivity contribution is -0.927. The third-order valence-corrected chi connectivity index (χ3v) is 5.02. The molecule has 0 fully saturated rings. The number of quaternary nitrogens is 1. The third kappa shape index (κ3) is 4.04. The number of nitrogens with one attached hydrogen (secondary N) is 2. The van der Waals surface area contributed by atoms with Crippen molar-refractivity contribution < 1.29 is 4.90 Å². The van der Waals surface area contributed by atoms with Crippen LogP contribution < -0.4 is 4.90 Å². The van der Waals surface area contributed by atoms with Gasteiger partial charge in [0.15, 0.2) is 0 Å². The molecule has 0 aliphatic rings. The zero-order valence-corrected chi connectivity index (χ0v) is 15.0. The number of hydrogen-bond donors (Lipinski definition) is 2. The van der Waals surface area contributed by atoms with E-state index in [1.807, 2.05) is 0 Å². The molecule has 26 heavy (non-hydrogen) atoms. The first-order valence-corrected chi connectivity index (χ1v) is 9.35. The Kier molecular flexibility index (Phi) is 5.13. The summed E-state index contributed by atoms with van der Waals surface area (Å²) in [6.45, 7) is 3.22. The molecule has 0 unspecified atom stereocenters. The summed E-state index contributed by atoms with van der Waals surface area (Å²) in [6.07, 6.45) is 3.26. The summed E-state index contributed by atoms with van der Waals surface area (Å²) < 4.78 is 0. The summed E-state index contributed by atoms with van der Waals surface area (Å²) in [6, 6.07) is 30.2. The van der Waals surface area contributed by atoms with E-state index in [1.54, 1.807) is 4.90 Å². The van der Waals surface area contributed by atoms with Crippen molar-refractivity contribution in [2.75, 3.05) is 6.54 Å². The second-order valence-corrected chi connectivity index (χ2v) is 6.93. The van der Waals surface area contributed by atoms with E-state index < -0.39 is 0 Å². The topological polar surface area (TPSA) is 20.2 Å². The molecule has 0 bridgehead atoms. The standard InChI is InChI=1S/C24H24N2/c1-3-9-20(10-4-1)18-26(19-21-11-5-2-6-12-21)16-15-22-17-25-24-14-8-7-13-23(22)24/h1-14,17,25H,15-16,18-19H2/p+1. The molecule has 2 N–H and O–H groups in total. The van der Waals surface area contributed by atoms with Crippen molar-refractivity contribution >= 4 is 10.9 Å². The molecular formula is C24H25N2+. The van der Waals surface area contributed by atoms with Crippen LogP contribution in [0.4, 0.5) is 0 Å². The van der Waals surface area contributed by atoms with Crippen molar-refractivity contribution in [1.29, 1.82) is 0 Å². The summed E-state index contributed by atoms with van der Waals surface area (Å²) in [7, 11) is 0. The molecule has 0 aliphatic carbocycles. The quantitative estimate of drug-likeness (QED) is 0.507. The Hall–Kier alpha value is -2.84. The van der Waals surface area contributed by atoms with Gasteiger partial charge in [0.2, 0.25) is 0 Å². The Morgan fingerprint density at radius 3 is 1.88 bits per heavy atom. The smallest absolute Gasteiger partial charge is 0.103 e. The van der Waals surface area contributed by atoms with E-state index in [2.05, 4.69) is 96.1 Å².